The van der Waals surface area contributed by atoms with Gasteiger partial charge in [0.15, 0.2) is 0 Å². The number of anilines is 1. The summed E-state index contributed by atoms with van der Waals surface area (Å²) in [6.45, 7) is 2.17. The van der Waals surface area contributed by atoms with Gasteiger partial charge < -0.3 is 19.8 Å². The van der Waals surface area contributed by atoms with Crippen LogP contribution in [0, 0.1) is 5.92 Å². The van der Waals surface area contributed by atoms with Crippen LogP contribution in [0.1, 0.15) is 44.0 Å². The fourth-order valence-electron chi connectivity index (χ4n) is 4.45. The van der Waals surface area contributed by atoms with Crippen LogP contribution in [0.15, 0.2) is 22.9 Å². The maximum atomic E-state index is 9.86. The minimum absolute atomic E-state index is 0.0650. The zero-order chi connectivity index (χ0) is 16.8. The van der Waals surface area contributed by atoms with Crippen molar-refractivity contribution in [3.8, 4) is 11.4 Å². The zero-order valence-corrected chi connectivity index (χ0v) is 14.1. The number of aliphatic hydroxyl groups excluding tert-OH is 1. The molecule has 0 aromatic carbocycles. The van der Waals surface area contributed by atoms with Gasteiger partial charge in [-0.3, -0.25) is 0 Å². The molecule has 0 amide bonds. The van der Waals surface area contributed by atoms with Crippen molar-refractivity contribution in [2.45, 2.75) is 50.3 Å². The number of rotatable bonds is 3. The number of hydrogen-bond acceptors (Lipinski definition) is 7. The lowest BCUT2D eigenvalue weighted by Gasteiger charge is -2.27. The van der Waals surface area contributed by atoms with Crippen LogP contribution in [-0.4, -0.2) is 45.5 Å². The largest absolute Gasteiger partial charge is 0.391 e. The first-order valence-corrected chi connectivity index (χ1v) is 9.27. The van der Waals surface area contributed by atoms with Crippen molar-refractivity contribution in [3.63, 3.8) is 0 Å². The molecule has 4 atom stereocenters. The van der Waals surface area contributed by atoms with Gasteiger partial charge in [0.25, 0.3) is 0 Å². The highest BCUT2D eigenvalue weighted by Gasteiger charge is 2.47. The molecule has 7 nitrogen and oxygen atoms in total. The molecule has 3 fully saturated rings. The Morgan fingerprint density at radius 2 is 2.04 bits per heavy atom. The van der Waals surface area contributed by atoms with Crippen LogP contribution in [0.25, 0.3) is 11.4 Å². The zero-order valence-electron chi connectivity index (χ0n) is 14.1. The van der Waals surface area contributed by atoms with E-state index >= 15 is 0 Å². The van der Waals surface area contributed by atoms with Gasteiger partial charge in [0, 0.05) is 30.9 Å². The number of piperidine rings is 2. The van der Waals surface area contributed by atoms with Crippen molar-refractivity contribution < 1.29 is 9.63 Å². The highest BCUT2D eigenvalue weighted by molar-refractivity contribution is 5.56. The predicted octanol–water partition coefficient (Wildman–Crippen LogP) is 1.91. The van der Waals surface area contributed by atoms with E-state index < -0.39 is 0 Å². The third-order valence-electron chi connectivity index (χ3n) is 5.82. The average Bonchev–Trinajstić information content (AvgIpc) is 3.37. The number of aromatic nitrogens is 3. The van der Waals surface area contributed by atoms with E-state index in [1.165, 1.54) is 19.3 Å². The number of pyridine rings is 1. The van der Waals surface area contributed by atoms with Crippen molar-refractivity contribution in [3.05, 3.63) is 24.2 Å². The maximum Gasteiger partial charge on any atom is 0.244 e. The van der Waals surface area contributed by atoms with E-state index in [4.69, 9.17) is 4.52 Å². The average molecular weight is 341 g/mol. The Kier molecular flexibility index (Phi) is 3.71. The summed E-state index contributed by atoms with van der Waals surface area (Å²) in [4.78, 5) is 11.5. The molecule has 2 bridgehead atoms. The van der Waals surface area contributed by atoms with E-state index in [1.807, 2.05) is 18.3 Å². The molecule has 7 heteroatoms. The van der Waals surface area contributed by atoms with Crippen LogP contribution in [0.5, 0.6) is 0 Å². The fourth-order valence-corrected chi connectivity index (χ4v) is 4.45. The second-order valence-corrected chi connectivity index (χ2v) is 7.46. The van der Waals surface area contributed by atoms with Gasteiger partial charge in [-0.25, -0.2) is 4.98 Å². The second kappa shape index (κ2) is 6.07. The van der Waals surface area contributed by atoms with E-state index in [0.29, 0.717) is 17.6 Å². The van der Waals surface area contributed by atoms with Crippen LogP contribution in [0.4, 0.5) is 5.82 Å². The summed E-state index contributed by atoms with van der Waals surface area (Å²) >= 11 is 0. The lowest BCUT2D eigenvalue weighted by molar-refractivity contribution is 0.112. The minimum Gasteiger partial charge on any atom is -0.391 e. The van der Waals surface area contributed by atoms with Crippen LogP contribution in [0.2, 0.25) is 0 Å². The quantitative estimate of drug-likeness (QED) is 0.881. The molecule has 2 aromatic rings. The van der Waals surface area contributed by atoms with Gasteiger partial charge in [0.1, 0.15) is 5.82 Å². The Morgan fingerprint density at radius 1 is 1.16 bits per heavy atom. The number of aliphatic hydroxyl groups is 1. The smallest absolute Gasteiger partial charge is 0.244 e. The molecule has 1 aliphatic carbocycles. The van der Waals surface area contributed by atoms with Gasteiger partial charge in [-0.05, 0) is 50.2 Å². The maximum absolute atomic E-state index is 9.86. The third kappa shape index (κ3) is 2.71. The van der Waals surface area contributed by atoms with Crippen molar-refractivity contribution in [1.82, 2.24) is 20.4 Å². The minimum atomic E-state index is -0.241. The van der Waals surface area contributed by atoms with Gasteiger partial charge >= 0.3 is 0 Å². The van der Waals surface area contributed by atoms with Crippen molar-refractivity contribution in [2.75, 3.05) is 18.0 Å². The van der Waals surface area contributed by atoms with Gasteiger partial charge in [-0.2, -0.15) is 4.98 Å². The molecular weight excluding hydrogens is 318 g/mol. The number of nitrogens with one attached hydrogen (secondary N) is 1. The molecule has 4 heterocycles. The molecule has 0 radical (unpaired) electrons. The molecule has 5 rings (SSSR count). The third-order valence-corrected chi connectivity index (χ3v) is 5.82. The fraction of sp³-hybridized carbons (Fsp3) is 0.611. The van der Waals surface area contributed by atoms with E-state index in [2.05, 4.69) is 25.3 Å². The summed E-state index contributed by atoms with van der Waals surface area (Å²) in [6, 6.07) is 4.29. The summed E-state index contributed by atoms with van der Waals surface area (Å²) in [6.07, 6.45) is 7.17. The number of hydrogen-bond donors (Lipinski definition) is 2. The van der Waals surface area contributed by atoms with Crippen molar-refractivity contribution in [1.29, 1.82) is 0 Å². The van der Waals surface area contributed by atoms with Crippen LogP contribution >= 0.6 is 0 Å². The Hall–Kier alpha value is -1.99. The van der Waals surface area contributed by atoms with E-state index in [-0.39, 0.29) is 18.2 Å². The SMILES string of the molecule is O[C@@H]1C[C@@H]2C[C@H]1N[C@H]2c1nc(-c2ccc(N3CCCCC3)nc2)no1. The van der Waals surface area contributed by atoms with E-state index in [0.717, 1.165) is 37.3 Å². The molecule has 3 aliphatic rings. The van der Waals surface area contributed by atoms with Gasteiger partial charge in [-0.15, -0.1) is 0 Å². The lowest BCUT2D eigenvalue weighted by atomic mass is 9.99. The molecule has 25 heavy (non-hydrogen) atoms. The summed E-state index contributed by atoms with van der Waals surface area (Å²) < 4.78 is 5.49. The molecule has 2 aromatic heterocycles. The lowest BCUT2D eigenvalue weighted by Crippen LogP contribution is -2.38. The summed E-state index contributed by atoms with van der Waals surface area (Å²) in [5.41, 5.74) is 0.874. The van der Waals surface area contributed by atoms with Gasteiger partial charge in [-0.1, -0.05) is 5.16 Å². The van der Waals surface area contributed by atoms with Crippen LogP contribution in [-0.2, 0) is 0 Å². The van der Waals surface area contributed by atoms with Gasteiger partial charge in [0.05, 0.1) is 12.1 Å². The van der Waals surface area contributed by atoms with Crippen LogP contribution < -0.4 is 10.2 Å². The normalized spacial score (nSPS) is 31.6. The first-order valence-electron chi connectivity index (χ1n) is 9.27. The standard InChI is InChI=1S/C18H23N5O2/c24-14-9-12-8-13(14)20-16(12)18-21-17(22-25-18)11-4-5-15(19-10-11)23-6-2-1-3-7-23/h4-5,10,12-14,16,20,24H,1-3,6-9H2/t12-,13+,14+,16+/m0/s1. The molecule has 2 N–H and O–H groups in total. The van der Waals surface area contributed by atoms with E-state index in [1.54, 1.807) is 0 Å². The summed E-state index contributed by atoms with van der Waals surface area (Å²) in [7, 11) is 0. The molecule has 1 saturated carbocycles. The topological polar surface area (TPSA) is 87.3 Å². The molecule has 0 unspecified atom stereocenters. The Bertz CT molecular complexity index is 738. The van der Waals surface area contributed by atoms with Crippen molar-refractivity contribution in [2.24, 2.45) is 5.92 Å². The first kappa shape index (κ1) is 15.3. The summed E-state index contributed by atoms with van der Waals surface area (Å²) in [5, 5.41) is 17.4. The highest BCUT2D eigenvalue weighted by atomic mass is 16.5. The molecule has 0 spiro atoms. The molecule has 2 saturated heterocycles. The van der Waals surface area contributed by atoms with Crippen LogP contribution in [0.3, 0.4) is 0 Å². The van der Waals surface area contributed by atoms with Gasteiger partial charge in [0.2, 0.25) is 11.7 Å². The Balaban J connectivity index is 1.32. The monoisotopic (exact) mass is 341 g/mol. The van der Waals surface area contributed by atoms with E-state index in [9.17, 15) is 5.11 Å². The summed E-state index contributed by atoms with van der Waals surface area (Å²) in [5.74, 6) is 2.61. The van der Waals surface area contributed by atoms with Crippen molar-refractivity contribution >= 4 is 5.82 Å². The predicted molar refractivity (Wildman–Crippen MR) is 92.0 cm³/mol. The Morgan fingerprint density at radius 3 is 2.72 bits per heavy atom. The molecular formula is C18H23N5O2. The molecule has 2 aliphatic heterocycles. The number of fused-ring (bicyclic) bond motifs is 2. The first-order chi connectivity index (χ1) is 12.3. The molecule has 132 valence electrons. The Labute approximate surface area is 146 Å². The number of nitrogens with zero attached hydrogens (tertiary/aromatic N) is 4. The second-order valence-electron chi connectivity index (χ2n) is 7.46. The highest BCUT2D eigenvalue weighted by Crippen LogP contribution is 2.43.